The van der Waals surface area contributed by atoms with Crippen LogP contribution in [0.3, 0.4) is 0 Å². The number of nitrogens with one attached hydrogen (secondary N) is 2. The first-order valence-electron chi connectivity index (χ1n) is 6.78. The SMILES string of the molecule is COC[C@@H]1C[C@@H](OC)CN1C(=O)NCCc1cn[nH]c1. The summed E-state index contributed by atoms with van der Waals surface area (Å²) >= 11 is 0. The van der Waals surface area contributed by atoms with Gasteiger partial charge in [-0.3, -0.25) is 5.10 Å². The van der Waals surface area contributed by atoms with Gasteiger partial charge in [0.25, 0.3) is 0 Å². The van der Waals surface area contributed by atoms with E-state index in [1.807, 2.05) is 6.20 Å². The summed E-state index contributed by atoms with van der Waals surface area (Å²) in [5.74, 6) is 0. The van der Waals surface area contributed by atoms with Crippen molar-refractivity contribution in [2.45, 2.75) is 25.0 Å². The van der Waals surface area contributed by atoms with Crippen LogP contribution in [0.2, 0.25) is 0 Å². The van der Waals surface area contributed by atoms with Crippen molar-refractivity contribution in [2.24, 2.45) is 0 Å². The van der Waals surface area contributed by atoms with Crippen LogP contribution in [-0.4, -0.2) is 67.2 Å². The van der Waals surface area contributed by atoms with E-state index in [9.17, 15) is 4.79 Å². The molecule has 2 rings (SSSR count). The molecule has 7 nitrogen and oxygen atoms in total. The highest BCUT2D eigenvalue weighted by molar-refractivity contribution is 5.75. The molecule has 7 heteroatoms. The minimum Gasteiger partial charge on any atom is -0.383 e. The van der Waals surface area contributed by atoms with Crippen LogP contribution >= 0.6 is 0 Å². The van der Waals surface area contributed by atoms with Crippen LogP contribution in [-0.2, 0) is 15.9 Å². The molecular weight excluding hydrogens is 260 g/mol. The Balaban J connectivity index is 1.80. The summed E-state index contributed by atoms with van der Waals surface area (Å²) in [6.45, 7) is 1.74. The summed E-state index contributed by atoms with van der Waals surface area (Å²) in [6, 6.07) is 0.0222. The molecule has 0 spiro atoms. The molecule has 1 fully saturated rings. The number of H-pyrrole nitrogens is 1. The van der Waals surface area contributed by atoms with E-state index in [4.69, 9.17) is 9.47 Å². The van der Waals surface area contributed by atoms with E-state index in [0.717, 1.165) is 18.4 Å². The van der Waals surface area contributed by atoms with Crippen molar-refractivity contribution in [3.05, 3.63) is 18.0 Å². The molecule has 1 saturated heterocycles. The lowest BCUT2D eigenvalue weighted by molar-refractivity contribution is 0.110. The van der Waals surface area contributed by atoms with Crippen LogP contribution in [0.1, 0.15) is 12.0 Å². The van der Waals surface area contributed by atoms with Gasteiger partial charge < -0.3 is 19.7 Å². The number of amides is 2. The largest absolute Gasteiger partial charge is 0.383 e. The molecule has 0 radical (unpaired) electrons. The number of urea groups is 1. The molecule has 1 aromatic heterocycles. The highest BCUT2D eigenvalue weighted by atomic mass is 16.5. The summed E-state index contributed by atoms with van der Waals surface area (Å²) in [7, 11) is 3.32. The van der Waals surface area contributed by atoms with Crippen molar-refractivity contribution < 1.29 is 14.3 Å². The fraction of sp³-hybridized carbons (Fsp3) is 0.692. The zero-order chi connectivity index (χ0) is 14.4. The van der Waals surface area contributed by atoms with Gasteiger partial charge in [0.05, 0.1) is 24.9 Å². The predicted octanol–water partition coefficient (Wildman–Crippen LogP) is 0.398. The van der Waals surface area contributed by atoms with E-state index in [1.165, 1.54) is 0 Å². The normalized spacial score (nSPS) is 22.2. The molecule has 0 bridgehead atoms. The summed E-state index contributed by atoms with van der Waals surface area (Å²) in [5.41, 5.74) is 1.08. The molecule has 2 atom stereocenters. The molecule has 1 aliphatic heterocycles. The van der Waals surface area contributed by atoms with Crippen LogP contribution in [0.25, 0.3) is 0 Å². The van der Waals surface area contributed by atoms with Crippen LogP contribution in [0.15, 0.2) is 12.4 Å². The zero-order valence-corrected chi connectivity index (χ0v) is 12.0. The zero-order valence-electron chi connectivity index (χ0n) is 12.0. The molecule has 2 N–H and O–H groups in total. The molecular formula is C13H22N4O3. The van der Waals surface area contributed by atoms with Crippen molar-refractivity contribution >= 4 is 6.03 Å². The van der Waals surface area contributed by atoms with Gasteiger partial charge in [-0.2, -0.15) is 5.10 Å². The minimum absolute atomic E-state index is 0.0601. The molecule has 0 aromatic carbocycles. The second-order valence-corrected chi connectivity index (χ2v) is 4.94. The Morgan fingerprint density at radius 1 is 1.60 bits per heavy atom. The summed E-state index contributed by atoms with van der Waals surface area (Å²) in [4.78, 5) is 14.0. The van der Waals surface area contributed by atoms with E-state index in [1.54, 1.807) is 25.3 Å². The molecule has 20 heavy (non-hydrogen) atoms. The molecule has 0 unspecified atom stereocenters. The smallest absolute Gasteiger partial charge is 0.317 e. The number of aromatic amines is 1. The Hall–Kier alpha value is -1.60. The Morgan fingerprint density at radius 2 is 2.45 bits per heavy atom. The Morgan fingerprint density at radius 3 is 3.10 bits per heavy atom. The monoisotopic (exact) mass is 282 g/mol. The molecule has 0 aliphatic carbocycles. The molecule has 0 saturated carbocycles. The van der Waals surface area contributed by atoms with Gasteiger partial charge in [0.2, 0.25) is 0 Å². The van der Waals surface area contributed by atoms with E-state index in [0.29, 0.717) is 19.7 Å². The van der Waals surface area contributed by atoms with Crippen LogP contribution < -0.4 is 5.32 Å². The number of aromatic nitrogens is 2. The third kappa shape index (κ3) is 3.71. The Kier molecular flexibility index (Phi) is 5.37. The first-order valence-corrected chi connectivity index (χ1v) is 6.78. The van der Waals surface area contributed by atoms with Crippen LogP contribution in [0, 0.1) is 0 Å². The van der Waals surface area contributed by atoms with E-state index in [2.05, 4.69) is 15.5 Å². The number of likely N-dealkylation sites (tertiary alicyclic amines) is 1. The first-order chi connectivity index (χ1) is 9.74. The van der Waals surface area contributed by atoms with Crippen LogP contribution in [0.4, 0.5) is 4.79 Å². The van der Waals surface area contributed by atoms with Gasteiger partial charge in [-0.15, -0.1) is 0 Å². The van der Waals surface area contributed by atoms with Gasteiger partial charge in [0.15, 0.2) is 0 Å². The molecule has 1 aromatic rings. The lowest BCUT2D eigenvalue weighted by atomic mass is 10.2. The maximum Gasteiger partial charge on any atom is 0.317 e. The maximum absolute atomic E-state index is 12.2. The summed E-state index contributed by atoms with van der Waals surface area (Å²) < 4.78 is 10.5. The Labute approximate surface area is 118 Å². The number of nitrogens with zero attached hydrogens (tertiary/aromatic N) is 2. The average molecular weight is 282 g/mol. The third-order valence-corrected chi connectivity index (χ3v) is 3.57. The minimum atomic E-state index is -0.0601. The molecule has 2 amide bonds. The van der Waals surface area contributed by atoms with Gasteiger partial charge in [-0.1, -0.05) is 0 Å². The first kappa shape index (κ1) is 14.8. The van der Waals surface area contributed by atoms with Crippen molar-refractivity contribution in [1.29, 1.82) is 0 Å². The van der Waals surface area contributed by atoms with Crippen molar-refractivity contribution in [2.75, 3.05) is 33.9 Å². The van der Waals surface area contributed by atoms with Gasteiger partial charge in [0, 0.05) is 33.5 Å². The topological polar surface area (TPSA) is 79.5 Å². The highest BCUT2D eigenvalue weighted by Crippen LogP contribution is 2.20. The Bertz CT molecular complexity index is 410. The third-order valence-electron chi connectivity index (χ3n) is 3.57. The number of rotatable bonds is 6. The fourth-order valence-corrected chi connectivity index (χ4v) is 2.47. The number of hydrogen-bond donors (Lipinski definition) is 2. The predicted molar refractivity (Wildman–Crippen MR) is 73.5 cm³/mol. The number of carbonyl (C=O) groups is 1. The second-order valence-electron chi connectivity index (χ2n) is 4.94. The summed E-state index contributed by atoms with van der Waals surface area (Å²) in [6.07, 6.45) is 5.26. The lowest BCUT2D eigenvalue weighted by Crippen LogP contribution is -2.45. The number of hydrogen-bond acceptors (Lipinski definition) is 4. The maximum atomic E-state index is 12.2. The van der Waals surface area contributed by atoms with E-state index in [-0.39, 0.29) is 18.2 Å². The lowest BCUT2D eigenvalue weighted by Gasteiger charge is -2.24. The highest BCUT2D eigenvalue weighted by Gasteiger charge is 2.35. The van der Waals surface area contributed by atoms with Gasteiger partial charge >= 0.3 is 6.03 Å². The van der Waals surface area contributed by atoms with Crippen molar-refractivity contribution in [1.82, 2.24) is 20.4 Å². The summed E-state index contributed by atoms with van der Waals surface area (Å²) in [5, 5.41) is 9.56. The van der Waals surface area contributed by atoms with E-state index < -0.39 is 0 Å². The molecule has 2 heterocycles. The quantitative estimate of drug-likeness (QED) is 0.791. The number of ether oxygens (including phenoxy) is 2. The average Bonchev–Trinajstić information content (AvgIpc) is 3.08. The van der Waals surface area contributed by atoms with Gasteiger partial charge in [-0.05, 0) is 18.4 Å². The van der Waals surface area contributed by atoms with E-state index >= 15 is 0 Å². The number of carbonyl (C=O) groups excluding carboxylic acids is 1. The second kappa shape index (κ2) is 7.25. The number of methoxy groups -OCH3 is 2. The van der Waals surface area contributed by atoms with Gasteiger partial charge in [0.1, 0.15) is 0 Å². The fourth-order valence-electron chi connectivity index (χ4n) is 2.47. The van der Waals surface area contributed by atoms with Crippen molar-refractivity contribution in [3.8, 4) is 0 Å². The van der Waals surface area contributed by atoms with Crippen molar-refractivity contribution in [3.63, 3.8) is 0 Å². The molecule has 112 valence electrons. The van der Waals surface area contributed by atoms with Crippen LogP contribution in [0.5, 0.6) is 0 Å². The van der Waals surface area contributed by atoms with Gasteiger partial charge in [-0.25, -0.2) is 4.79 Å². The standard InChI is InChI=1S/C13H22N4O3/c1-19-9-11-5-12(20-2)8-17(11)13(18)14-4-3-10-6-15-16-7-10/h6-7,11-12H,3-5,8-9H2,1-2H3,(H,14,18)(H,15,16)/t11-,12+/m0/s1. The molecule has 1 aliphatic rings.